The maximum atomic E-state index is 11.2. The molecule has 0 spiro atoms. The smallest absolute Gasteiger partial charge is 0.329 e. The molecule has 0 aromatic rings. The van der Waals surface area contributed by atoms with Gasteiger partial charge in [0, 0.05) is 19.5 Å². The van der Waals surface area contributed by atoms with Crippen molar-refractivity contribution in [2.24, 2.45) is 0 Å². The Labute approximate surface area is 116 Å². The highest BCUT2D eigenvalue weighted by atomic mass is 16.5. The zero-order valence-corrected chi connectivity index (χ0v) is 11.2. The highest BCUT2D eigenvalue weighted by Gasteiger charge is 2.09. The van der Waals surface area contributed by atoms with Crippen LogP contribution in [0.1, 0.15) is 19.8 Å². The molecule has 9 nitrogen and oxygen atoms in total. The number of hydrogen-bond donors (Lipinski definition) is 4. The van der Waals surface area contributed by atoms with Crippen LogP contribution in [-0.4, -0.2) is 55.2 Å². The van der Waals surface area contributed by atoms with Gasteiger partial charge in [-0.1, -0.05) is 6.92 Å². The van der Waals surface area contributed by atoms with Crippen LogP contribution in [0.15, 0.2) is 0 Å². The van der Waals surface area contributed by atoms with E-state index in [9.17, 15) is 19.2 Å². The molecule has 0 aliphatic heterocycles. The summed E-state index contributed by atoms with van der Waals surface area (Å²) >= 11 is 0. The second-order valence-corrected chi connectivity index (χ2v) is 3.79. The average molecular weight is 289 g/mol. The second kappa shape index (κ2) is 10.7. The van der Waals surface area contributed by atoms with Gasteiger partial charge in [0.25, 0.3) is 5.91 Å². The summed E-state index contributed by atoms with van der Waals surface area (Å²) < 4.78 is 4.49. The number of nitrogens with one attached hydrogen (secondary N) is 3. The summed E-state index contributed by atoms with van der Waals surface area (Å²) in [6, 6.07) is -0.766. The normalized spacial score (nSPS) is 9.65. The van der Waals surface area contributed by atoms with Gasteiger partial charge in [-0.2, -0.15) is 0 Å². The Kier molecular flexibility index (Phi) is 9.57. The minimum absolute atomic E-state index is 0.0879. The van der Waals surface area contributed by atoms with Crippen molar-refractivity contribution in [2.45, 2.75) is 19.8 Å². The molecule has 0 saturated heterocycles. The standard InChI is InChI=1S/C11H19N3O6/c1-2-4-12-8(15)3-5-13-11(19)14-9(16)6-20-7-10(17)18/h2-7H2,1H3,(H,12,15)(H,17,18)(H2,13,14,16,19). The fraction of sp³-hybridized carbons (Fsp3) is 0.636. The summed E-state index contributed by atoms with van der Waals surface area (Å²) in [5, 5.41) is 15.1. The Bertz CT molecular complexity index is 358. The van der Waals surface area contributed by atoms with E-state index >= 15 is 0 Å². The fourth-order valence-corrected chi connectivity index (χ4v) is 1.08. The van der Waals surface area contributed by atoms with Crippen LogP contribution in [0.25, 0.3) is 0 Å². The van der Waals surface area contributed by atoms with Gasteiger partial charge in [0.2, 0.25) is 5.91 Å². The summed E-state index contributed by atoms with van der Waals surface area (Å²) in [7, 11) is 0. The summed E-state index contributed by atoms with van der Waals surface area (Å²) in [6.07, 6.45) is 0.932. The molecule has 0 bridgehead atoms. The topological polar surface area (TPSA) is 134 Å². The van der Waals surface area contributed by atoms with E-state index in [1.807, 2.05) is 12.2 Å². The molecule has 0 radical (unpaired) electrons. The van der Waals surface area contributed by atoms with E-state index in [1.165, 1.54) is 0 Å². The van der Waals surface area contributed by atoms with Crippen LogP contribution in [0.5, 0.6) is 0 Å². The number of imide groups is 1. The highest BCUT2D eigenvalue weighted by molar-refractivity contribution is 5.95. The molecule has 0 aromatic heterocycles. The number of amides is 4. The molecule has 0 aliphatic rings. The first-order valence-electron chi connectivity index (χ1n) is 6.09. The van der Waals surface area contributed by atoms with E-state index < -0.39 is 31.1 Å². The molecule has 0 fully saturated rings. The summed E-state index contributed by atoms with van der Waals surface area (Å²) in [6.45, 7) is 1.43. The third-order valence-corrected chi connectivity index (χ3v) is 1.92. The van der Waals surface area contributed by atoms with Crippen LogP contribution in [-0.2, 0) is 19.1 Å². The molecule has 0 aromatic carbocycles. The minimum Gasteiger partial charge on any atom is -0.480 e. The Morgan fingerprint density at radius 1 is 1.00 bits per heavy atom. The van der Waals surface area contributed by atoms with Gasteiger partial charge in [0.15, 0.2) is 0 Å². The van der Waals surface area contributed by atoms with Gasteiger partial charge in [-0.25, -0.2) is 9.59 Å². The Morgan fingerprint density at radius 2 is 1.70 bits per heavy atom. The van der Waals surface area contributed by atoms with Crippen molar-refractivity contribution in [3.63, 3.8) is 0 Å². The lowest BCUT2D eigenvalue weighted by molar-refractivity contribution is -0.143. The number of rotatable bonds is 9. The Hall–Kier alpha value is -2.16. The van der Waals surface area contributed by atoms with Crippen molar-refractivity contribution in [1.29, 1.82) is 0 Å². The molecule has 4 amide bonds. The van der Waals surface area contributed by atoms with Crippen LogP contribution in [0.4, 0.5) is 4.79 Å². The number of urea groups is 1. The molecular formula is C11H19N3O6. The molecule has 0 atom stereocenters. The molecular weight excluding hydrogens is 270 g/mol. The van der Waals surface area contributed by atoms with Crippen molar-refractivity contribution in [3.05, 3.63) is 0 Å². The molecule has 0 aliphatic carbocycles. The Morgan fingerprint density at radius 3 is 2.30 bits per heavy atom. The van der Waals surface area contributed by atoms with Crippen molar-refractivity contribution in [3.8, 4) is 0 Å². The number of carboxylic acid groups (broad SMARTS) is 1. The predicted molar refractivity (Wildman–Crippen MR) is 67.9 cm³/mol. The maximum Gasteiger partial charge on any atom is 0.329 e. The monoisotopic (exact) mass is 289 g/mol. The van der Waals surface area contributed by atoms with Gasteiger partial charge in [-0.05, 0) is 6.42 Å². The van der Waals surface area contributed by atoms with E-state index in [1.54, 1.807) is 0 Å². The molecule has 4 N–H and O–H groups in total. The highest BCUT2D eigenvalue weighted by Crippen LogP contribution is 1.80. The van der Waals surface area contributed by atoms with Crippen LogP contribution < -0.4 is 16.0 Å². The number of ether oxygens (including phenoxy) is 1. The number of carbonyl (C=O) groups excluding carboxylic acids is 3. The second-order valence-electron chi connectivity index (χ2n) is 3.79. The number of carbonyl (C=O) groups is 4. The lowest BCUT2D eigenvalue weighted by Gasteiger charge is -2.07. The van der Waals surface area contributed by atoms with E-state index in [0.717, 1.165) is 6.42 Å². The summed E-state index contributed by atoms with van der Waals surface area (Å²) in [4.78, 5) is 43.6. The Balaban J connectivity index is 3.64. The van der Waals surface area contributed by atoms with Crippen LogP contribution in [0, 0.1) is 0 Å². The van der Waals surface area contributed by atoms with Crippen LogP contribution in [0.2, 0.25) is 0 Å². The lowest BCUT2D eigenvalue weighted by atomic mass is 10.4. The van der Waals surface area contributed by atoms with Crippen molar-refractivity contribution in [1.82, 2.24) is 16.0 Å². The van der Waals surface area contributed by atoms with Gasteiger partial charge < -0.3 is 20.5 Å². The SMILES string of the molecule is CCCNC(=O)CCNC(=O)NC(=O)COCC(=O)O. The van der Waals surface area contributed by atoms with E-state index in [4.69, 9.17) is 5.11 Å². The van der Waals surface area contributed by atoms with Crippen LogP contribution in [0.3, 0.4) is 0 Å². The molecule has 0 heterocycles. The first kappa shape index (κ1) is 17.8. The largest absolute Gasteiger partial charge is 0.480 e. The molecule has 0 rings (SSSR count). The maximum absolute atomic E-state index is 11.2. The third-order valence-electron chi connectivity index (χ3n) is 1.92. The predicted octanol–water partition coefficient (Wildman–Crippen LogP) is -1.17. The molecule has 20 heavy (non-hydrogen) atoms. The number of carboxylic acids is 1. The molecule has 114 valence electrons. The number of hydrogen-bond acceptors (Lipinski definition) is 5. The van der Waals surface area contributed by atoms with Gasteiger partial charge in [-0.3, -0.25) is 14.9 Å². The first-order valence-corrected chi connectivity index (χ1v) is 6.09. The number of aliphatic carboxylic acids is 1. The van der Waals surface area contributed by atoms with Gasteiger partial charge in [-0.15, -0.1) is 0 Å². The molecule has 9 heteroatoms. The minimum atomic E-state index is -1.21. The fourth-order valence-electron chi connectivity index (χ4n) is 1.08. The first-order chi connectivity index (χ1) is 9.45. The third kappa shape index (κ3) is 11.0. The van der Waals surface area contributed by atoms with Crippen molar-refractivity contribution < 1.29 is 29.0 Å². The lowest BCUT2D eigenvalue weighted by Crippen LogP contribution is -2.42. The quantitative estimate of drug-likeness (QED) is 0.422. The van der Waals surface area contributed by atoms with E-state index in [-0.39, 0.29) is 18.9 Å². The van der Waals surface area contributed by atoms with Crippen molar-refractivity contribution in [2.75, 3.05) is 26.3 Å². The van der Waals surface area contributed by atoms with Crippen molar-refractivity contribution >= 4 is 23.8 Å². The summed E-state index contributed by atoms with van der Waals surface area (Å²) in [5.41, 5.74) is 0. The van der Waals surface area contributed by atoms with E-state index in [0.29, 0.717) is 6.54 Å². The molecule has 0 unspecified atom stereocenters. The van der Waals surface area contributed by atoms with E-state index in [2.05, 4.69) is 15.4 Å². The van der Waals surface area contributed by atoms with Crippen LogP contribution >= 0.6 is 0 Å². The molecule has 0 saturated carbocycles. The zero-order chi connectivity index (χ0) is 15.4. The van der Waals surface area contributed by atoms with Gasteiger partial charge in [0.05, 0.1) is 0 Å². The van der Waals surface area contributed by atoms with Gasteiger partial charge >= 0.3 is 12.0 Å². The summed E-state index contributed by atoms with van der Waals surface area (Å²) in [5.74, 6) is -2.16. The zero-order valence-electron chi connectivity index (χ0n) is 11.2. The van der Waals surface area contributed by atoms with Gasteiger partial charge in [0.1, 0.15) is 13.2 Å². The average Bonchev–Trinajstić information content (AvgIpc) is 2.35.